The van der Waals surface area contributed by atoms with Crippen LogP contribution in [0.3, 0.4) is 0 Å². The Bertz CT molecular complexity index is 349. The number of likely N-dealkylation sites (N-methyl/N-ethyl adjacent to an activating group) is 1. The van der Waals surface area contributed by atoms with Gasteiger partial charge in [0.15, 0.2) is 0 Å². The molecular formula is C10H15FN4. The Labute approximate surface area is 88.5 Å². The summed E-state index contributed by atoms with van der Waals surface area (Å²) >= 11 is 0. The predicted molar refractivity (Wildman–Crippen MR) is 56.1 cm³/mol. The summed E-state index contributed by atoms with van der Waals surface area (Å²) in [7, 11) is 4.13. The first-order chi connectivity index (χ1) is 7.12. The zero-order valence-electron chi connectivity index (χ0n) is 9.00. The van der Waals surface area contributed by atoms with E-state index in [0.29, 0.717) is 5.82 Å². The minimum Gasteiger partial charge on any atom is -0.368 e. The van der Waals surface area contributed by atoms with Gasteiger partial charge in [0.25, 0.3) is 0 Å². The van der Waals surface area contributed by atoms with Gasteiger partial charge >= 0.3 is 0 Å². The van der Waals surface area contributed by atoms with E-state index < -0.39 is 5.95 Å². The number of hydrogen-bond acceptors (Lipinski definition) is 4. The zero-order chi connectivity index (χ0) is 10.9. The summed E-state index contributed by atoms with van der Waals surface area (Å²) in [4.78, 5) is 9.56. The Hall–Kier alpha value is -1.23. The van der Waals surface area contributed by atoms with Crippen LogP contribution >= 0.6 is 0 Å². The van der Waals surface area contributed by atoms with E-state index in [4.69, 9.17) is 0 Å². The summed E-state index contributed by atoms with van der Waals surface area (Å²) in [6, 6.07) is 1.31. The third-order valence-electron chi connectivity index (χ3n) is 3.01. The lowest BCUT2D eigenvalue weighted by Gasteiger charge is -2.24. The predicted octanol–water partition coefficient (Wildman–Crippen LogP) is 1.12. The second kappa shape index (κ2) is 3.73. The van der Waals surface area contributed by atoms with Crippen molar-refractivity contribution < 1.29 is 4.39 Å². The second-order valence-corrected chi connectivity index (χ2v) is 4.20. The van der Waals surface area contributed by atoms with Gasteiger partial charge in [-0.15, -0.1) is 0 Å². The highest BCUT2D eigenvalue weighted by atomic mass is 19.1. The van der Waals surface area contributed by atoms with Crippen LogP contribution in [0.25, 0.3) is 0 Å². The largest absolute Gasteiger partial charge is 0.368 e. The molecule has 0 bridgehead atoms. The van der Waals surface area contributed by atoms with Crippen LogP contribution in [0, 0.1) is 5.95 Å². The van der Waals surface area contributed by atoms with Crippen molar-refractivity contribution in [2.24, 2.45) is 0 Å². The normalized spacial score (nSPS) is 17.9. The third-order valence-corrected chi connectivity index (χ3v) is 3.01. The van der Waals surface area contributed by atoms with Crippen LogP contribution in [0.1, 0.15) is 12.8 Å². The molecule has 0 atom stereocenters. The molecule has 0 aliphatic heterocycles. The smallest absolute Gasteiger partial charge is 0.217 e. The summed E-state index contributed by atoms with van der Waals surface area (Å²) < 4.78 is 12.8. The maximum absolute atomic E-state index is 12.8. The van der Waals surface area contributed by atoms with E-state index in [9.17, 15) is 4.39 Å². The number of hydrogen-bond donors (Lipinski definition) is 1. The van der Waals surface area contributed by atoms with Crippen LogP contribution in [-0.4, -0.2) is 41.0 Å². The van der Waals surface area contributed by atoms with E-state index in [1.165, 1.54) is 25.2 Å². The molecule has 0 unspecified atom stereocenters. The highest BCUT2D eigenvalue weighted by molar-refractivity contribution is 5.33. The van der Waals surface area contributed by atoms with Crippen LogP contribution in [0.15, 0.2) is 12.4 Å². The minimum absolute atomic E-state index is 0.238. The fraction of sp³-hybridized carbons (Fsp3) is 0.600. The average Bonchev–Trinajstić information content (AvgIpc) is 2.96. The van der Waals surface area contributed by atoms with Gasteiger partial charge in [-0.05, 0) is 26.9 Å². The SMILES string of the molecule is CN(C)C1(CNc2cc(F)ncn2)CC1. The van der Waals surface area contributed by atoms with Crippen LogP contribution < -0.4 is 5.32 Å². The molecule has 1 N–H and O–H groups in total. The van der Waals surface area contributed by atoms with E-state index in [1.54, 1.807) is 0 Å². The third kappa shape index (κ3) is 2.23. The highest BCUT2D eigenvalue weighted by Crippen LogP contribution is 2.39. The summed E-state index contributed by atoms with van der Waals surface area (Å²) in [6.07, 6.45) is 3.59. The number of nitrogens with one attached hydrogen (secondary N) is 1. The van der Waals surface area contributed by atoms with Crippen molar-refractivity contribution >= 4 is 5.82 Å². The minimum atomic E-state index is -0.498. The molecule has 82 valence electrons. The first kappa shape index (κ1) is 10.3. The lowest BCUT2D eigenvalue weighted by molar-refractivity contribution is 0.284. The molecule has 4 nitrogen and oxygen atoms in total. The van der Waals surface area contributed by atoms with Crippen molar-refractivity contribution in [3.05, 3.63) is 18.3 Å². The molecule has 0 radical (unpaired) electrons. The molecule has 1 aliphatic rings. The number of anilines is 1. The van der Waals surface area contributed by atoms with Crippen LogP contribution in [-0.2, 0) is 0 Å². The van der Waals surface area contributed by atoms with Gasteiger partial charge in [0.2, 0.25) is 5.95 Å². The highest BCUT2D eigenvalue weighted by Gasteiger charge is 2.44. The van der Waals surface area contributed by atoms with Crippen LogP contribution in [0.4, 0.5) is 10.2 Å². The fourth-order valence-electron chi connectivity index (χ4n) is 1.61. The van der Waals surface area contributed by atoms with Crippen molar-refractivity contribution in [1.82, 2.24) is 14.9 Å². The van der Waals surface area contributed by atoms with Crippen molar-refractivity contribution in [2.45, 2.75) is 18.4 Å². The quantitative estimate of drug-likeness (QED) is 0.756. The molecular weight excluding hydrogens is 195 g/mol. The molecule has 0 amide bonds. The maximum Gasteiger partial charge on any atom is 0.217 e. The lowest BCUT2D eigenvalue weighted by atomic mass is 10.2. The molecule has 1 fully saturated rings. The summed E-state index contributed by atoms with van der Waals surface area (Å²) in [5.74, 6) is 0.0535. The molecule has 1 aliphatic carbocycles. The summed E-state index contributed by atoms with van der Waals surface area (Å²) in [5, 5.41) is 3.14. The van der Waals surface area contributed by atoms with Gasteiger partial charge in [-0.2, -0.15) is 4.39 Å². The fourth-order valence-corrected chi connectivity index (χ4v) is 1.61. The molecule has 0 saturated heterocycles. The van der Waals surface area contributed by atoms with Gasteiger partial charge < -0.3 is 10.2 Å². The van der Waals surface area contributed by atoms with E-state index in [1.807, 2.05) is 0 Å². The molecule has 0 aromatic carbocycles. The Morgan fingerprint density at radius 2 is 2.20 bits per heavy atom. The van der Waals surface area contributed by atoms with Crippen molar-refractivity contribution in [2.75, 3.05) is 26.0 Å². The topological polar surface area (TPSA) is 41.0 Å². The number of rotatable bonds is 4. The number of aromatic nitrogens is 2. The molecule has 1 aromatic rings. The lowest BCUT2D eigenvalue weighted by Crippen LogP contribution is -2.36. The van der Waals surface area contributed by atoms with Crippen molar-refractivity contribution in [3.63, 3.8) is 0 Å². The average molecular weight is 210 g/mol. The second-order valence-electron chi connectivity index (χ2n) is 4.20. The molecule has 0 spiro atoms. The van der Waals surface area contributed by atoms with Gasteiger partial charge in [0.1, 0.15) is 12.1 Å². The number of halogens is 1. The van der Waals surface area contributed by atoms with Crippen molar-refractivity contribution in [1.29, 1.82) is 0 Å². The molecule has 2 rings (SSSR count). The maximum atomic E-state index is 12.8. The van der Waals surface area contributed by atoms with Gasteiger partial charge in [-0.25, -0.2) is 9.97 Å². The van der Waals surface area contributed by atoms with Gasteiger partial charge in [-0.1, -0.05) is 0 Å². The van der Waals surface area contributed by atoms with E-state index in [0.717, 1.165) is 6.54 Å². The molecule has 1 saturated carbocycles. The Morgan fingerprint density at radius 3 is 2.73 bits per heavy atom. The standard InChI is InChI=1S/C10H15FN4/c1-15(2)10(3-4-10)6-12-9-5-8(11)13-7-14-9/h5,7H,3-4,6H2,1-2H3,(H,12,13,14). The van der Waals surface area contributed by atoms with E-state index in [2.05, 4.69) is 34.3 Å². The van der Waals surface area contributed by atoms with Crippen LogP contribution in [0.2, 0.25) is 0 Å². The van der Waals surface area contributed by atoms with Crippen LogP contribution in [0.5, 0.6) is 0 Å². The Morgan fingerprint density at radius 1 is 1.47 bits per heavy atom. The summed E-state index contributed by atoms with van der Waals surface area (Å²) in [6.45, 7) is 0.802. The zero-order valence-corrected chi connectivity index (χ0v) is 9.00. The van der Waals surface area contributed by atoms with Gasteiger partial charge in [0, 0.05) is 18.2 Å². The van der Waals surface area contributed by atoms with Gasteiger partial charge in [-0.3, -0.25) is 0 Å². The monoisotopic (exact) mass is 210 g/mol. The molecule has 5 heteroatoms. The van der Waals surface area contributed by atoms with Gasteiger partial charge in [0.05, 0.1) is 0 Å². The molecule has 1 heterocycles. The number of nitrogens with zero attached hydrogens (tertiary/aromatic N) is 3. The first-order valence-electron chi connectivity index (χ1n) is 5.01. The molecule has 1 aromatic heterocycles. The van der Waals surface area contributed by atoms with E-state index >= 15 is 0 Å². The molecule has 15 heavy (non-hydrogen) atoms. The van der Waals surface area contributed by atoms with Crippen molar-refractivity contribution in [3.8, 4) is 0 Å². The Kier molecular flexibility index (Phi) is 2.56. The van der Waals surface area contributed by atoms with E-state index in [-0.39, 0.29) is 5.54 Å². The first-order valence-corrected chi connectivity index (χ1v) is 5.01. The Balaban J connectivity index is 1.94. The summed E-state index contributed by atoms with van der Waals surface area (Å²) in [5.41, 5.74) is 0.238.